The van der Waals surface area contributed by atoms with E-state index >= 15 is 0 Å². The van der Waals surface area contributed by atoms with Crippen LogP contribution in [0.5, 0.6) is 0 Å². The fourth-order valence-corrected chi connectivity index (χ4v) is 8.36. The lowest BCUT2D eigenvalue weighted by atomic mass is 9.72. The molecule has 6 atom stereocenters. The molecule has 3 amide bonds. The van der Waals surface area contributed by atoms with Crippen LogP contribution in [0.25, 0.3) is 17.0 Å². The molecule has 1 aliphatic heterocycles. The molecule has 0 spiro atoms. The number of aliphatic hydroxyl groups excluding tert-OH is 1. The van der Waals surface area contributed by atoms with Crippen molar-refractivity contribution < 1.29 is 27.9 Å². The zero-order valence-corrected chi connectivity index (χ0v) is 32.7. The highest BCUT2D eigenvalue weighted by molar-refractivity contribution is 7.92. The van der Waals surface area contributed by atoms with Gasteiger partial charge in [-0.25, -0.2) is 8.42 Å². The Labute approximate surface area is 314 Å². The van der Waals surface area contributed by atoms with Crippen molar-refractivity contribution in [2.45, 2.75) is 108 Å². The van der Waals surface area contributed by atoms with Gasteiger partial charge in [0.05, 0.1) is 22.9 Å². The van der Waals surface area contributed by atoms with E-state index in [2.05, 4.69) is 25.8 Å². The number of rotatable bonds is 13. The van der Waals surface area contributed by atoms with Gasteiger partial charge in [-0.2, -0.15) is 0 Å². The number of β-amino-alcohol motifs (C(OH)–C–C–N with tert-alkyl or cyclic N) is 1. The molecule has 5 rings (SSSR count). The van der Waals surface area contributed by atoms with Crippen LogP contribution in [0.15, 0.2) is 66.9 Å². The van der Waals surface area contributed by atoms with E-state index in [-0.39, 0.29) is 18.9 Å². The third kappa shape index (κ3) is 10.2. The molecule has 1 saturated heterocycles. The van der Waals surface area contributed by atoms with Crippen molar-refractivity contribution in [3.63, 3.8) is 0 Å². The monoisotopic (exact) mass is 747 g/mol. The second kappa shape index (κ2) is 16.6. The number of piperidine rings is 1. The normalized spacial score (nSPS) is 21.8. The third-order valence-electron chi connectivity index (χ3n) is 11.1. The summed E-state index contributed by atoms with van der Waals surface area (Å²) < 4.78 is 24.5. The number of fused-ring (bicyclic) bond motifs is 2. The number of benzene rings is 2. The number of aromatic nitrogens is 1. The lowest BCUT2D eigenvalue weighted by Gasteiger charge is -2.47. The van der Waals surface area contributed by atoms with E-state index in [1.165, 1.54) is 19.9 Å². The highest BCUT2D eigenvalue weighted by Gasteiger charge is 2.46. The van der Waals surface area contributed by atoms with Crippen LogP contribution < -0.4 is 16.0 Å². The van der Waals surface area contributed by atoms with E-state index < -0.39 is 56.2 Å². The largest absolute Gasteiger partial charge is 0.390 e. The summed E-state index contributed by atoms with van der Waals surface area (Å²) in [5.74, 6) is -0.585. The molecule has 0 radical (unpaired) electrons. The van der Waals surface area contributed by atoms with Crippen molar-refractivity contribution in [1.82, 2.24) is 25.8 Å². The first-order valence-corrected chi connectivity index (χ1v) is 20.6. The van der Waals surface area contributed by atoms with Crippen LogP contribution in [-0.4, -0.2) is 95.0 Å². The number of nitrogens with zero attached hydrogens (tertiary/aromatic N) is 1. The number of aromatic amines is 1. The standard InChI is InChI=1S/C41H57N5O6S/c1-40(2,3)45-38(49)34-23-28-16-10-11-17-30(28)25-46(34)26-35(47)33(22-27-14-8-7-9-15-27)43-39(50)37(41(4,5)53(6,51)52)44-36(48)21-20-29-24-42-32-19-13-12-18-31(29)32/h7-9,12-15,18-21,24,28,30,33-35,37,42,47H,10-11,16-17,22-23,25-26H2,1-6H3,(H,43,50)(H,44,48)(H,45,49)/b21-20+/t28-,30+,33-,34-,35+,37+/m0/s1. The minimum atomic E-state index is -3.88. The summed E-state index contributed by atoms with van der Waals surface area (Å²) in [5, 5.41) is 21.7. The van der Waals surface area contributed by atoms with Crippen molar-refractivity contribution in [3.05, 3.63) is 78.0 Å². The molecule has 11 nitrogen and oxygen atoms in total. The molecule has 1 saturated carbocycles. The summed E-state index contributed by atoms with van der Waals surface area (Å²) in [6.45, 7) is 9.46. The number of likely N-dealkylation sites (tertiary alicyclic amines) is 1. The molecule has 1 aliphatic carbocycles. The Morgan fingerprint density at radius 1 is 0.962 bits per heavy atom. The van der Waals surface area contributed by atoms with Crippen molar-refractivity contribution in [3.8, 4) is 0 Å². The molecule has 1 aromatic heterocycles. The fourth-order valence-electron chi connectivity index (χ4n) is 7.77. The SMILES string of the molecule is CC(C)(C)NC(=O)[C@@H]1C[C@@H]2CCCC[C@@H]2CN1C[C@@H](O)[C@H](Cc1ccccc1)NC(=O)[C@@H](NC(=O)/C=C/c1c[nH]c2ccccc12)C(C)(C)S(C)(=O)=O. The highest BCUT2D eigenvalue weighted by atomic mass is 32.2. The first-order valence-electron chi connectivity index (χ1n) is 18.8. The predicted molar refractivity (Wildman–Crippen MR) is 210 cm³/mol. The zero-order valence-electron chi connectivity index (χ0n) is 31.9. The van der Waals surface area contributed by atoms with E-state index in [0.29, 0.717) is 24.8 Å². The first-order chi connectivity index (χ1) is 24.9. The van der Waals surface area contributed by atoms with Crippen molar-refractivity contribution >= 4 is 44.5 Å². The molecule has 0 unspecified atom stereocenters. The number of sulfone groups is 1. The third-order valence-corrected chi connectivity index (χ3v) is 13.2. The molecule has 0 bridgehead atoms. The van der Waals surface area contributed by atoms with E-state index in [4.69, 9.17) is 0 Å². The van der Waals surface area contributed by atoms with Gasteiger partial charge >= 0.3 is 0 Å². The van der Waals surface area contributed by atoms with E-state index in [1.807, 2.05) is 75.4 Å². The van der Waals surface area contributed by atoms with Gasteiger partial charge in [-0.05, 0) is 89.0 Å². The Hall–Kier alpha value is -4.00. The van der Waals surface area contributed by atoms with Crippen LogP contribution in [0.3, 0.4) is 0 Å². The second-order valence-electron chi connectivity index (χ2n) is 16.6. The lowest BCUT2D eigenvalue weighted by molar-refractivity contribution is -0.133. The van der Waals surface area contributed by atoms with Gasteiger partial charge in [0.1, 0.15) is 6.04 Å². The van der Waals surface area contributed by atoms with Crippen LogP contribution in [0.4, 0.5) is 0 Å². The van der Waals surface area contributed by atoms with Gasteiger partial charge < -0.3 is 26.0 Å². The molecule has 2 aliphatic rings. The Morgan fingerprint density at radius 2 is 1.62 bits per heavy atom. The lowest BCUT2D eigenvalue weighted by Crippen LogP contribution is -2.64. The Morgan fingerprint density at radius 3 is 2.30 bits per heavy atom. The van der Waals surface area contributed by atoms with Crippen LogP contribution in [0, 0.1) is 11.8 Å². The molecule has 2 heterocycles. The molecular formula is C41H57N5O6S. The van der Waals surface area contributed by atoms with Gasteiger partial charge in [0.15, 0.2) is 9.84 Å². The van der Waals surface area contributed by atoms with Gasteiger partial charge in [-0.1, -0.05) is 67.8 Å². The number of amides is 3. The van der Waals surface area contributed by atoms with E-state index in [1.54, 1.807) is 12.3 Å². The average molecular weight is 748 g/mol. The van der Waals surface area contributed by atoms with Crippen LogP contribution in [-0.2, 0) is 30.6 Å². The van der Waals surface area contributed by atoms with Gasteiger partial charge in [-0.15, -0.1) is 0 Å². The molecule has 2 aromatic carbocycles. The smallest absolute Gasteiger partial charge is 0.244 e. The molecular weight excluding hydrogens is 691 g/mol. The van der Waals surface area contributed by atoms with Gasteiger partial charge in [-0.3, -0.25) is 19.3 Å². The summed E-state index contributed by atoms with van der Waals surface area (Å²) in [6.07, 6.45) is 9.99. The summed E-state index contributed by atoms with van der Waals surface area (Å²) >= 11 is 0. The van der Waals surface area contributed by atoms with Gasteiger partial charge in [0.25, 0.3) is 0 Å². The molecule has 5 N–H and O–H groups in total. The number of nitrogens with one attached hydrogen (secondary N) is 4. The Kier molecular flexibility index (Phi) is 12.6. The topological polar surface area (TPSA) is 161 Å². The first kappa shape index (κ1) is 40.2. The van der Waals surface area contributed by atoms with Gasteiger partial charge in [0.2, 0.25) is 17.7 Å². The summed E-state index contributed by atoms with van der Waals surface area (Å²) in [7, 11) is -3.88. The van der Waals surface area contributed by atoms with Crippen LogP contribution in [0.1, 0.15) is 77.8 Å². The summed E-state index contributed by atoms with van der Waals surface area (Å²) in [5.41, 5.74) is 2.09. The predicted octanol–water partition coefficient (Wildman–Crippen LogP) is 4.37. The van der Waals surface area contributed by atoms with Crippen LogP contribution >= 0.6 is 0 Å². The number of carbonyl (C=O) groups is 3. The number of hydrogen-bond donors (Lipinski definition) is 5. The van der Waals surface area contributed by atoms with E-state index in [0.717, 1.165) is 54.0 Å². The number of aliphatic hydroxyl groups is 1. The molecule has 288 valence electrons. The molecule has 12 heteroatoms. The number of H-pyrrole nitrogens is 1. The summed E-state index contributed by atoms with van der Waals surface area (Å²) in [4.78, 5) is 46.6. The second-order valence-corrected chi connectivity index (χ2v) is 19.2. The molecule has 2 fully saturated rings. The van der Waals surface area contributed by atoms with E-state index in [9.17, 15) is 27.9 Å². The van der Waals surface area contributed by atoms with Crippen molar-refractivity contribution in [2.75, 3.05) is 19.3 Å². The van der Waals surface area contributed by atoms with Crippen molar-refractivity contribution in [1.29, 1.82) is 0 Å². The van der Waals surface area contributed by atoms with Crippen molar-refractivity contribution in [2.24, 2.45) is 11.8 Å². The van der Waals surface area contributed by atoms with Gasteiger partial charge in [0, 0.05) is 48.1 Å². The Balaban J connectivity index is 1.40. The summed E-state index contributed by atoms with van der Waals surface area (Å²) in [6, 6.07) is 14.3. The average Bonchev–Trinajstić information content (AvgIpc) is 3.51. The highest BCUT2D eigenvalue weighted by Crippen LogP contribution is 2.39. The number of carbonyl (C=O) groups excluding carboxylic acids is 3. The maximum atomic E-state index is 14.3. The van der Waals surface area contributed by atoms with Crippen LogP contribution in [0.2, 0.25) is 0 Å². The number of hydrogen-bond acceptors (Lipinski definition) is 7. The number of para-hydroxylation sites is 1. The molecule has 53 heavy (non-hydrogen) atoms. The zero-order chi connectivity index (χ0) is 38.6. The quantitative estimate of drug-likeness (QED) is 0.162. The fraction of sp³-hybridized carbons (Fsp3) is 0.537. The maximum absolute atomic E-state index is 14.3. The molecule has 3 aromatic rings. The Bertz CT molecular complexity index is 1880. The minimum absolute atomic E-state index is 0.0734. The maximum Gasteiger partial charge on any atom is 0.244 e. The minimum Gasteiger partial charge on any atom is -0.390 e.